The smallest absolute Gasteiger partial charge is 0.180 e. The van der Waals surface area contributed by atoms with Gasteiger partial charge in [-0.1, -0.05) is 0 Å². The molecule has 0 aliphatic rings. The van der Waals surface area contributed by atoms with Crippen LogP contribution in [0, 0.1) is 12.3 Å². The number of nitrogens with one attached hydrogen (secondary N) is 2. The van der Waals surface area contributed by atoms with Gasteiger partial charge in [0.2, 0.25) is 0 Å². The van der Waals surface area contributed by atoms with Crippen molar-refractivity contribution in [2.24, 2.45) is 5.73 Å². The van der Waals surface area contributed by atoms with E-state index in [9.17, 15) is 0 Å². The molecule has 0 radical (unpaired) electrons. The van der Waals surface area contributed by atoms with Gasteiger partial charge in [-0.05, 0) is 13.0 Å². The molecule has 0 spiro atoms. The number of aryl methyl sites for hydroxylation is 1. The fourth-order valence-corrected chi connectivity index (χ4v) is 2.56. The maximum atomic E-state index is 7.67. The lowest BCUT2D eigenvalue weighted by Gasteiger charge is -2.10. The summed E-state index contributed by atoms with van der Waals surface area (Å²) in [6, 6.07) is 1.72. The first kappa shape index (κ1) is 12.5. The average molecular weight is 287 g/mol. The Morgan fingerprint density at radius 3 is 3.00 bits per heavy atom. The summed E-state index contributed by atoms with van der Waals surface area (Å²) < 4.78 is 1.81. The third-order valence-corrected chi connectivity index (χ3v) is 3.66. The molecule has 3 heterocycles. The zero-order valence-corrected chi connectivity index (χ0v) is 11.6. The van der Waals surface area contributed by atoms with Crippen molar-refractivity contribution in [2.75, 3.05) is 5.43 Å². The Morgan fingerprint density at radius 1 is 1.45 bits per heavy atom. The maximum absolute atomic E-state index is 7.67. The first-order valence-corrected chi connectivity index (χ1v) is 6.85. The van der Waals surface area contributed by atoms with Crippen LogP contribution in [0.15, 0.2) is 23.8 Å². The van der Waals surface area contributed by atoms with E-state index in [0.717, 1.165) is 10.8 Å². The van der Waals surface area contributed by atoms with Crippen molar-refractivity contribution in [3.63, 3.8) is 0 Å². The zero-order valence-electron chi connectivity index (χ0n) is 10.8. The molecular weight excluding hydrogens is 274 g/mol. The summed E-state index contributed by atoms with van der Waals surface area (Å²) in [5.74, 6) is 0.757. The molecule has 0 aliphatic heterocycles. The number of amidine groups is 1. The lowest BCUT2D eigenvalue weighted by Crippen LogP contribution is -2.19. The Morgan fingerprint density at radius 2 is 2.30 bits per heavy atom. The van der Waals surface area contributed by atoms with Crippen LogP contribution in [0.4, 0.5) is 0 Å². The van der Waals surface area contributed by atoms with Crippen molar-refractivity contribution in [3.05, 3.63) is 40.2 Å². The minimum absolute atomic E-state index is 0.00500. The SMILES string of the molecule is Cc1nc2nccc(C(=N)N)c2n1NCc1nccs1. The van der Waals surface area contributed by atoms with E-state index in [1.165, 1.54) is 0 Å². The molecule has 0 amide bonds. The minimum Gasteiger partial charge on any atom is -0.384 e. The number of nitrogen functional groups attached to an aromatic ring is 1. The summed E-state index contributed by atoms with van der Waals surface area (Å²) >= 11 is 1.58. The highest BCUT2D eigenvalue weighted by molar-refractivity contribution is 7.09. The van der Waals surface area contributed by atoms with Crippen LogP contribution in [0.5, 0.6) is 0 Å². The van der Waals surface area contributed by atoms with E-state index in [0.29, 0.717) is 23.3 Å². The van der Waals surface area contributed by atoms with Crippen LogP contribution in [0.25, 0.3) is 11.2 Å². The molecular formula is C12H13N7S. The monoisotopic (exact) mass is 287 g/mol. The van der Waals surface area contributed by atoms with Crippen LogP contribution in [0.1, 0.15) is 16.4 Å². The number of hydrogen-bond donors (Lipinski definition) is 3. The van der Waals surface area contributed by atoms with Crippen LogP contribution in [0.2, 0.25) is 0 Å². The van der Waals surface area contributed by atoms with Crippen molar-refractivity contribution in [2.45, 2.75) is 13.5 Å². The fourth-order valence-electron chi connectivity index (χ4n) is 2.01. The number of hydrogen-bond acceptors (Lipinski definition) is 6. The van der Waals surface area contributed by atoms with Gasteiger partial charge in [-0.2, -0.15) is 0 Å². The van der Waals surface area contributed by atoms with Crippen LogP contribution in [-0.2, 0) is 6.54 Å². The number of nitrogens with two attached hydrogens (primary N) is 1. The average Bonchev–Trinajstić information content (AvgIpc) is 3.02. The third kappa shape index (κ3) is 2.10. The lowest BCUT2D eigenvalue weighted by molar-refractivity contribution is 0.821. The van der Waals surface area contributed by atoms with Crippen molar-refractivity contribution in [1.29, 1.82) is 5.41 Å². The molecule has 0 unspecified atom stereocenters. The first-order chi connectivity index (χ1) is 9.66. The number of rotatable bonds is 4. The Kier molecular flexibility index (Phi) is 3.07. The lowest BCUT2D eigenvalue weighted by atomic mass is 10.2. The zero-order chi connectivity index (χ0) is 14.1. The molecule has 3 aromatic rings. The standard InChI is InChI=1S/C12H13N7S/c1-7-18-12-10(8(11(13)14)2-3-16-12)19(7)17-6-9-15-4-5-20-9/h2-5,17H,6H2,1H3,(H3,13,14). The highest BCUT2D eigenvalue weighted by Gasteiger charge is 2.14. The van der Waals surface area contributed by atoms with Crippen molar-refractivity contribution < 1.29 is 0 Å². The van der Waals surface area contributed by atoms with E-state index in [1.54, 1.807) is 34.5 Å². The summed E-state index contributed by atoms with van der Waals surface area (Å²) in [6.45, 7) is 2.46. The van der Waals surface area contributed by atoms with Gasteiger partial charge in [0, 0.05) is 23.3 Å². The number of aromatic nitrogens is 4. The van der Waals surface area contributed by atoms with Crippen LogP contribution < -0.4 is 11.2 Å². The summed E-state index contributed by atoms with van der Waals surface area (Å²) in [4.78, 5) is 12.8. The van der Waals surface area contributed by atoms with E-state index in [4.69, 9.17) is 11.1 Å². The highest BCUT2D eigenvalue weighted by atomic mass is 32.1. The second-order valence-corrected chi connectivity index (χ2v) is 5.18. The topological polar surface area (TPSA) is 106 Å². The van der Waals surface area contributed by atoms with Gasteiger partial charge in [0.1, 0.15) is 22.2 Å². The number of nitrogens with zero attached hydrogens (tertiary/aromatic N) is 4. The molecule has 7 nitrogen and oxygen atoms in total. The van der Waals surface area contributed by atoms with E-state index in [1.807, 2.05) is 12.3 Å². The minimum atomic E-state index is -0.00500. The van der Waals surface area contributed by atoms with Gasteiger partial charge in [0.05, 0.1) is 6.54 Å². The molecule has 0 aliphatic carbocycles. The van der Waals surface area contributed by atoms with Gasteiger partial charge in [-0.15, -0.1) is 11.3 Å². The van der Waals surface area contributed by atoms with Crippen molar-refractivity contribution in [1.82, 2.24) is 19.6 Å². The molecule has 0 atom stereocenters. The first-order valence-electron chi connectivity index (χ1n) is 5.97. The summed E-state index contributed by atoms with van der Waals surface area (Å²) in [5, 5.41) is 10.6. The van der Waals surface area contributed by atoms with Crippen LogP contribution >= 0.6 is 11.3 Å². The molecule has 3 aromatic heterocycles. The molecule has 8 heteroatoms. The number of thiazole rings is 1. The Bertz CT molecular complexity index is 760. The van der Waals surface area contributed by atoms with Crippen LogP contribution in [-0.4, -0.2) is 25.5 Å². The molecule has 0 saturated heterocycles. The van der Waals surface area contributed by atoms with Gasteiger partial charge in [0.15, 0.2) is 5.65 Å². The van der Waals surface area contributed by atoms with E-state index in [-0.39, 0.29) is 5.84 Å². The second-order valence-electron chi connectivity index (χ2n) is 4.20. The van der Waals surface area contributed by atoms with Gasteiger partial charge < -0.3 is 11.2 Å². The summed E-state index contributed by atoms with van der Waals surface area (Å²) in [7, 11) is 0. The van der Waals surface area contributed by atoms with Crippen molar-refractivity contribution >= 4 is 28.3 Å². The predicted octanol–water partition coefficient (Wildman–Crippen LogP) is 1.22. The molecule has 0 bridgehead atoms. The normalized spacial score (nSPS) is 10.8. The number of imidazole rings is 1. The molecule has 4 N–H and O–H groups in total. The molecule has 3 rings (SSSR count). The molecule has 102 valence electrons. The predicted molar refractivity (Wildman–Crippen MR) is 78.5 cm³/mol. The third-order valence-electron chi connectivity index (χ3n) is 2.88. The molecule has 0 saturated carbocycles. The second kappa shape index (κ2) is 4.89. The Labute approximate surface area is 119 Å². The van der Waals surface area contributed by atoms with Crippen molar-refractivity contribution in [3.8, 4) is 0 Å². The van der Waals surface area contributed by atoms with Gasteiger partial charge in [-0.25, -0.2) is 19.6 Å². The largest absolute Gasteiger partial charge is 0.384 e. The number of pyridine rings is 1. The summed E-state index contributed by atoms with van der Waals surface area (Å²) in [6.07, 6.45) is 3.37. The van der Waals surface area contributed by atoms with Gasteiger partial charge >= 0.3 is 0 Å². The maximum Gasteiger partial charge on any atom is 0.180 e. The van der Waals surface area contributed by atoms with Crippen LogP contribution in [0.3, 0.4) is 0 Å². The molecule has 0 aromatic carbocycles. The summed E-state index contributed by atoms with van der Waals surface area (Å²) in [5.41, 5.74) is 10.8. The van der Waals surface area contributed by atoms with Gasteiger partial charge in [-0.3, -0.25) is 5.41 Å². The van der Waals surface area contributed by atoms with Gasteiger partial charge in [0.25, 0.3) is 0 Å². The Hall–Kier alpha value is -2.48. The fraction of sp³-hybridized carbons (Fsp3) is 0.167. The molecule has 0 fully saturated rings. The van der Waals surface area contributed by atoms with E-state index in [2.05, 4.69) is 20.4 Å². The van der Waals surface area contributed by atoms with E-state index < -0.39 is 0 Å². The quantitative estimate of drug-likeness (QED) is 0.494. The highest BCUT2D eigenvalue weighted by Crippen LogP contribution is 2.17. The van der Waals surface area contributed by atoms with E-state index >= 15 is 0 Å². The molecule has 20 heavy (non-hydrogen) atoms. The Balaban J connectivity index is 2.04. The number of fused-ring (bicyclic) bond motifs is 1.